The van der Waals surface area contributed by atoms with Crippen LogP contribution < -0.4 is 0 Å². The summed E-state index contributed by atoms with van der Waals surface area (Å²) in [6.45, 7) is 6.12. The number of hydrogen-bond acceptors (Lipinski definition) is 3. The first-order chi connectivity index (χ1) is 8.79. The van der Waals surface area contributed by atoms with Gasteiger partial charge in [0.15, 0.2) is 0 Å². The smallest absolute Gasteiger partial charge is 0.0948 e. The molecule has 5 nitrogen and oxygen atoms in total. The predicted octanol–water partition coefficient (Wildman–Crippen LogP) is 1.62. The van der Waals surface area contributed by atoms with Gasteiger partial charge in [-0.15, -0.1) is 0 Å². The lowest BCUT2D eigenvalue weighted by Gasteiger charge is -2.17. The van der Waals surface area contributed by atoms with Crippen LogP contribution >= 0.6 is 0 Å². The first-order valence-corrected chi connectivity index (χ1v) is 6.44. The second kappa shape index (κ2) is 6.35. The number of hydrogen-bond donors (Lipinski definition) is 0. The quantitative estimate of drug-likeness (QED) is 0.746. The standard InChI is InChI=1S/C13H21N5/c1-3-17-12-14-10-13(17)11-16(2)7-5-9-18-8-4-6-15-18/h4,6,8,10,12H,3,5,7,9,11H2,1-2H3. The van der Waals surface area contributed by atoms with E-state index in [1.54, 1.807) is 0 Å². The van der Waals surface area contributed by atoms with Crippen molar-refractivity contribution >= 4 is 0 Å². The molecular weight excluding hydrogens is 226 g/mol. The highest BCUT2D eigenvalue weighted by atomic mass is 15.3. The maximum Gasteiger partial charge on any atom is 0.0948 e. The Hall–Kier alpha value is -1.62. The van der Waals surface area contributed by atoms with Crippen molar-refractivity contribution in [2.45, 2.75) is 33.0 Å². The van der Waals surface area contributed by atoms with Gasteiger partial charge >= 0.3 is 0 Å². The molecule has 0 bridgehead atoms. The van der Waals surface area contributed by atoms with Crippen LogP contribution in [0.15, 0.2) is 31.0 Å². The van der Waals surface area contributed by atoms with Gasteiger partial charge in [-0.1, -0.05) is 0 Å². The molecule has 0 spiro atoms. The molecule has 2 heterocycles. The van der Waals surface area contributed by atoms with Gasteiger partial charge in [0.25, 0.3) is 0 Å². The molecule has 0 atom stereocenters. The maximum atomic E-state index is 4.20. The van der Waals surface area contributed by atoms with Crippen molar-refractivity contribution < 1.29 is 0 Å². The van der Waals surface area contributed by atoms with Crippen molar-refractivity contribution in [3.8, 4) is 0 Å². The SMILES string of the molecule is CCn1cncc1CN(C)CCCn1cccn1. The second-order valence-electron chi connectivity index (χ2n) is 4.53. The van der Waals surface area contributed by atoms with Gasteiger partial charge in [-0.25, -0.2) is 4.98 Å². The van der Waals surface area contributed by atoms with E-state index in [9.17, 15) is 0 Å². The normalized spacial score (nSPS) is 11.3. The number of rotatable bonds is 7. The summed E-state index contributed by atoms with van der Waals surface area (Å²) in [7, 11) is 2.15. The van der Waals surface area contributed by atoms with Gasteiger partial charge in [-0.3, -0.25) is 4.68 Å². The van der Waals surface area contributed by atoms with E-state index >= 15 is 0 Å². The first-order valence-electron chi connectivity index (χ1n) is 6.44. The average molecular weight is 247 g/mol. The van der Waals surface area contributed by atoms with E-state index < -0.39 is 0 Å². The van der Waals surface area contributed by atoms with E-state index in [1.165, 1.54) is 5.69 Å². The minimum atomic E-state index is 0.951. The lowest BCUT2D eigenvalue weighted by molar-refractivity contribution is 0.303. The summed E-state index contributed by atoms with van der Waals surface area (Å²) < 4.78 is 4.16. The van der Waals surface area contributed by atoms with Crippen LogP contribution in [-0.4, -0.2) is 37.8 Å². The molecule has 98 valence electrons. The molecular formula is C13H21N5. The fourth-order valence-corrected chi connectivity index (χ4v) is 2.06. The fraction of sp³-hybridized carbons (Fsp3) is 0.538. The molecule has 0 N–H and O–H groups in total. The summed E-state index contributed by atoms with van der Waals surface area (Å²) in [5, 5.41) is 4.20. The van der Waals surface area contributed by atoms with Crippen LogP contribution in [-0.2, 0) is 19.6 Å². The van der Waals surface area contributed by atoms with Gasteiger partial charge < -0.3 is 9.47 Å². The Morgan fingerprint density at radius 1 is 1.39 bits per heavy atom. The topological polar surface area (TPSA) is 38.9 Å². The molecule has 0 amide bonds. The third-order valence-electron chi connectivity index (χ3n) is 3.06. The Labute approximate surface area is 108 Å². The molecule has 5 heteroatoms. The van der Waals surface area contributed by atoms with Crippen molar-refractivity contribution in [2.75, 3.05) is 13.6 Å². The van der Waals surface area contributed by atoms with Crippen LogP contribution in [0.2, 0.25) is 0 Å². The highest BCUT2D eigenvalue weighted by Crippen LogP contribution is 2.04. The molecule has 0 saturated carbocycles. The van der Waals surface area contributed by atoms with Crippen LogP contribution in [0.25, 0.3) is 0 Å². The molecule has 2 aromatic heterocycles. The fourth-order valence-electron chi connectivity index (χ4n) is 2.06. The zero-order valence-corrected chi connectivity index (χ0v) is 11.2. The van der Waals surface area contributed by atoms with Gasteiger partial charge in [0.2, 0.25) is 0 Å². The van der Waals surface area contributed by atoms with Crippen LogP contribution in [0.4, 0.5) is 0 Å². The highest BCUT2D eigenvalue weighted by Gasteiger charge is 2.04. The zero-order valence-electron chi connectivity index (χ0n) is 11.2. The molecule has 0 aromatic carbocycles. The summed E-state index contributed by atoms with van der Waals surface area (Å²) in [5.74, 6) is 0. The lowest BCUT2D eigenvalue weighted by atomic mass is 10.3. The molecule has 0 unspecified atom stereocenters. The van der Waals surface area contributed by atoms with Crippen molar-refractivity contribution in [3.05, 3.63) is 36.7 Å². The molecule has 0 saturated heterocycles. The van der Waals surface area contributed by atoms with Gasteiger partial charge in [-0.05, 0) is 26.5 Å². The van der Waals surface area contributed by atoms with E-state index in [0.29, 0.717) is 0 Å². The number of aromatic nitrogens is 4. The maximum absolute atomic E-state index is 4.20. The monoisotopic (exact) mass is 247 g/mol. The van der Waals surface area contributed by atoms with Crippen molar-refractivity contribution in [1.82, 2.24) is 24.2 Å². The lowest BCUT2D eigenvalue weighted by Crippen LogP contribution is -2.22. The number of imidazole rings is 1. The van der Waals surface area contributed by atoms with Crippen molar-refractivity contribution in [2.24, 2.45) is 0 Å². The summed E-state index contributed by atoms with van der Waals surface area (Å²) >= 11 is 0. The Balaban J connectivity index is 1.73. The third kappa shape index (κ3) is 3.43. The van der Waals surface area contributed by atoms with Crippen LogP contribution in [0, 0.1) is 0 Å². The molecule has 18 heavy (non-hydrogen) atoms. The molecule has 0 aliphatic carbocycles. The zero-order chi connectivity index (χ0) is 12.8. The van der Waals surface area contributed by atoms with Crippen LogP contribution in [0.5, 0.6) is 0 Å². The van der Waals surface area contributed by atoms with E-state index in [1.807, 2.05) is 35.7 Å². The van der Waals surface area contributed by atoms with Crippen LogP contribution in [0.3, 0.4) is 0 Å². The largest absolute Gasteiger partial charge is 0.334 e. The molecule has 0 aliphatic heterocycles. The summed E-state index contributed by atoms with van der Waals surface area (Å²) in [4.78, 5) is 6.52. The predicted molar refractivity (Wildman–Crippen MR) is 71.1 cm³/mol. The first kappa shape index (κ1) is 12.8. The Bertz CT molecular complexity index is 446. The minimum absolute atomic E-state index is 0.951. The van der Waals surface area contributed by atoms with Crippen molar-refractivity contribution in [3.63, 3.8) is 0 Å². The average Bonchev–Trinajstić information content (AvgIpc) is 3.00. The second-order valence-corrected chi connectivity index (χ2v) is 4.53. The van der Waals surface area contributed by atoms with Gasteiger partial charge in [0.05, 0.1) is 12.0 Å². The van der Waals surface area contributed by atoms with Crippen LogP contribution in [0.1, 0.15) is 19.0 Å². The van der Waals surface area contributed by atoms with Crippen molar-refractivity contribution in [1.29, 1.82) is 0 Å². The van der Waals surface area contributed by atoms with Gasteiger partial charge in [-0.2, -0.15) is 5.10 Å². The highest BCUT2D eigenvalue weighted by molar-refractivity contribution is 4.97. The van der Waals surface area contributed by atoms with Gasteiger partial charge in [0.1, 0.15) is 0 Å². The summed E-state index contributed by atoms with van der Waals surface area (Å²) in [5.41, 5.74) is 1.28. The van der Waals surface area contributed by atoms with E-state index in [0.717, 1.165) is 32.6 Å². The summed E-state index contributed by atoms with van der Waals surface area (Å²) in [6.07, 6.45) is 8.79. The third-order valence-corrected chi connectivity index (χ3v) is 3.06. The van der Waals surface area contributed by atoms with E-state index in [2.05, 4.69) is 33.5 Å². The molecule has 2 rings (SSSR count). The molecule has 2 aromatic rings. The van der Waals surface area contributed by atoms with Gasteiger partial charge in [0, 0.05) is 44.8 Å². The Morgan fingerprint density at radius 3 is 3.00 bits per heavy atom. The Morgan fingerprint density at radius 2 is 2.28 bits per heavy atom. The number of nitrogens with zero attached hydrogens (tertiary/aromatic N) is 5. The minimum Gasteiger partial charge on any atom is -0.334 e. The Kier molecular flexibility index (Phi) is 4.52. The molecule has 0 aliphatic rings. The van der Waals surface area contributed by atoms with E-state index in [4.69, 9.17) is 0 Å². The molecule has 0 fully saturated rings. The summed E-state index contributed by atoms with van der Waals surface area (Å²) in [6, 6.07) is 1.96. The van der Waals surface area contributed by atoms with E-state index in [-0.39, 0.29) is 0 Å². The number of aryl methyl sites for hydroxylation is 2. The molecule has 0 radical (unpaired) electrons.